The molecule has 0 fully saturated rings. The van der Waals surface area contributed by atoms with Crippen molar-refractivity contribution >= 4 is 65.6 Å². The summed E-state index contributed by atoms with van der Waals surface area (Å²) in [4.78, 5) is 15.1. The van der Waals surface area contributed by atoms with E-state index in [1.54, 1.807) is 0 Å². The molecule has 0 aliphatic carbocycles. The molecular weight excluding hydrogens is 699 g/mol. The second-order valence-electron chi connectivity index (χ2n) is 14.4. The van der Waals surface area contributed by atoms with Gasteiger partial charge in [0.2, 0.25) is 0 Å². The monoisotopic (exact) mass is 729 g/mol. The Morgan fingerprint density at radius 2 is 0.842 bits per heavy atom. The topological polar surface area (TPSA) is 61.7 Å². The van der Waals surface area contributed by atoms with E-state index in [-0.39, 0.29) is 0 Å². The summed E-state index contributed by atoms with van der Waals surface area (Å²) in [5.74, 6) is 1.86. The highest BCUT2D eigenvalue weighted by molar-refractivity contribution is 6.25. The maximum Gasteiger partial charge on any atom is 0.164 e. The normalized spacial score (nSPS) is 11.9. The van der Waals surface area contributed by atoms with Gasteiger partial charge in [-0.1, -0.05) is 127 Å². The Bertz CT molecular complexity index is 3400. The molecule has 6 nitrogen and oxygen atoms in total. The minimum atomic E-state index is 0.607. The fourth-order valence-electron chi connectivity index (χ4n) is 8.63. The van der Waals surface area contributed by atoms with E-state index in [2.05, 4.69) is 137 Å². The Kier molecular flexibility index (Phi) is 6.83. The third kappa shape index (κ3) is 4.81. The predicted octanol–water partition coefficient (Wildman–Crippen LogP) is 13.0. The van der Waals surface area contributed by atoms with Crippen molar-refractivity contribution < 1.29 is 4.42 Å². The molecule has 12 rings (SSSR count). The summed E-state index contributed by atoms with van der Waals surface area (Å²) >= 11 is 0. The van der Waals surface area contributed by atoms with Gasteiger partial charge in [0.25, 0.3) is 0 Å². The van der Waals surface area contributed by atoms with Crippen molar-refractivity contribution in [1.29, 1.82) is 0 Å². The molecule has 0 bridgehead atoms. The van der Waals surface area contributed by atoms with Crippen molar-refractivity contribution in [2.75, 3.05) is 0 Å². The van der Waals surface area contributed by atoms with E-state index in [1.807, 2.05) is 60.7 Å². The molecule has 0 saturated heterocycles. The van der Waals surface area contributed by atoms with Gasteiger partial charge in [0.05, 0.1) is 33.1 Å². The third-order valence-corrected chi connectivity index (χ3v) is 11.2. The molecule has 12 aromatic rings. The Hall–Kier alpha value is -7.83. The first kappa shape index (κ1) is 31.5. The second kappa shape index (κ2) is 12.3. The van der Waals surface area contributed by atoms with Crippen molar-refractivity contribution in [1.82, 2.24) is 24.1 Å². The SMILES string of the molecule is c1ccc(-c2nc(-c3ccccc3)nc(-c3ccc4c(c3)c3c5oc6c(-n7c8ccccc8c8ccccc87)cccc6c5ccc3n4-c3ccccc3)n2)cc1. The average molecular weight is 730 g/mol. The van der Waals surface area contributed by atoms with Gasteiger partial charge in [0, 0.05) is 49.3 Å². The summed E-state index contributed by atoms with van der Waals surface area (Å²) in [7, 11) is 0. The molecular formula is C51H31N5O. The number of nitrogens with zero attached hydrogens (tertiary/aromatic N) is 5. The number of furan rings is 1. The van der Waals surface area contributed by atoms with Crippen molar-refractivity contribution in [3.8, 4) is 45.5 Å². The van der Waals surface area contributed by atoms with E-state index in [1.165, 1.54) is 10.8 Å². The Morgan fingerprint density at radius 1 is 0.333 bits per heavy atom. The van der Waals surface area contributed by atoms with Crippen molar-refractivity contribution in [2.24, 2.45) is 0 Å². The number of benzene rings is 8. The highest BCUT2D eigenvalue weighted by Gasteiger charge is 2.23. The lowest BCUT2D eigenvalue weighted by atomic mass is 10.1. The van der Waals surface area contributed by atoms with E-state index in [0.29, 0.717) is 17.5 Å². The molecule has 8 aromatic carbocycles. The molecule has 0 spiro atoms. The van der Waals surface area contributed by atoms with E-state index >= 15 is 0 Å². The van der Waals surface area contributed by atoms with Crippen molar-refractivity contribution in [3.05, 3.63) is 188 Å². The molecule has 0 aliphatic rings. The molecule has 0 aliphatic heterocycles. The van der Waals surface area contributed by atoms with E-state index < -0.39 is 0 Å². The van der Waals surface area contributed by atoms with Crippen LogP contribution in [0.15, 0.2) is 192 Å². The zero-order valence-corrected chi connectivity index (χ0v) is 30.5. The zero-order chi connectivity index (χ0) is 37.5. The summed E-state index contributed by atoms with van der Waals surface area (Å²) in [6, 6.07) is 65.4. The van der Waals surface area contributed by atoms with Gasteiger partial charge in [0.15, 0.2) is 23.1 Å². The van der Waals surface area contributed by atoms with Gasteiger partial charge in [-0.25, -0.2) is 15.0 Å². The number of rotatable bonds is 5. The average Bonchev–Trinajstić information content (AvgIpc) is 3.95. The maximum atomic E-state index is 7.20. The van der Waals surface area contributed by atoms with E-state index in [0.717, 1.165) is 82.8 Å². The number of hydrogen-bond acceptors (Lipinski definition) is 4. The van der Waals surface area contributed by atoms with Crippen LogP contribution < -0.4 is 0 Å². The summed E-state index contributed by atoms with van der Waals surface area (Å²) in [6.07, 6.45) is 0. The zero-order valence-electron chi connectivity index (χ0n) is 30.5. The highest BCUT2D eigenvalue weighted by Crippen LogP contribution is 2.44. The molecule has 0 amide bonds. The van der Waals surface area contributed by atoms with Crippen LogP contribution in [0.2, 0.25) is 0 Å². The van der Waals surface area contributed by atoms with E-state index in [9.17, 15) is 0 Å². The molecule has 266 valence electrons. The summed E-state index contributed by atoms with van der Waals surface area (Å²) < 4.78 is 11.9. The second-order valence-corrected chi connectivity index (χ2v) is 14.4. The first-order valence-electron chi connectivity index (χ1n) is 19.1. The van der Waals surface area contributed by atoms with E-state index in [4.69, 9.17) is 19.4 Å². The van der Waals surface area contributed by atoms with Crippen LogP contribution in [0.4, 0.5) is 0 Å². The van der Waals surface area contributed by atoms with Gasteiger partial charge in [0.1, 0.15) is 5.58 Å². The highest BCUT2D eigenvalue weighted by atomic mass is 16.3. The first-order valence-corrected chi connectivity index (χ1v) is 19.1. The molecule has 57 heavy (non-hydrogen) atoms. The molecule has 0 atom stereocenters. The van der Waals surface area contributed by atoms with Gasteiger partial charge in [-0.15, -0.1) is 0 Å². The third-order valence-electron chi connectivity index (χ3n) is 11.2. The predicted molar refractivity (Wildman–Crippen MR) is 232 cm³/mol. The molecule has 6 heteroatoms. The fourth-order valence-corrected chi connectivity index (χ4v) is 8.63. The number of para-hydroxylation sites is 4. The lowest BCUT2D eigenvalue weighted by Crippen LogP contribution is -2.00. The number of hydrogen-bond donors (Lipinski definition) is 0. The van der Waals surface area contributed by atoms with Crippen molar-refractivity contribution in [3.63, 3.8) is 0 Å². The van der Waals surface area contributed by atoms with Crippen LogP contribution in [-0.2, 0) is 0 Å². The summed E-state index contributed by atoms with van der Waals surface area (Å²) in [5, 5.41) is 6.66. The fraction of sp³-hybridized carbons (Fsp3) is 0. The lowest BCUT2D eigenvalue weighted by Gasteiger charge is -2.09. The van der Waals surface area contributed by atoms with Gasteiger partial charge in [-0.2, -0.15) is 0 Å². The molecule has 0 saturated carbocycles. The summed E-state index contributed by atoms with van der Waals surface area (Å²) in [6.45, 7) is 0. The lowest BCUT2D eigenvalue weighted by molar-refractivity contribution is 0.670. The number of aromatic nitrogens is 5. The van der Waals surface area contributed by atoms with Crippen LogP contribution in [-0.4, -0.2) is 24.1 Å². The van der Waals surface area contributed by atoms with Gasteiger partial charge >= 0.3 is 0 Å². The largest absolute Gasteiger partial charge is 0.453 e. The maximum absolute atomic E-state index is 7.20. The Labute approximate surface area is 326 Å². The van der Waals surface area contributed by atoms with Crippen LogP contribution in [0.5, 0.6) is 0 Å². The molecule has 4 aromatic heterocycles. The van der Waals surface area contributed by atoms with Crippen LogP contribution in [0.3, 0.4) is 0 Å². The Morgan fingerprint density at radius 3 is 1.49 bits per heavy atom. The van der Waals surface area contributed by atoms with Crippen LogP contribution in [0, 0.1) is 0 Å². The van der Waals surface area contributed by atoms with Gasteiger partial charge in [-0.3, -0.25) is 0 Å². The molecule has 0 unspecified atom stereocenters. The summed E-state index contributed by atoms with van der Waals surface area (Å²) in [5.41, 5.74) is 10.9. The molecule has 4 heterocycles. The molecule has 0 radical (unpaired) electrons. The smallest absolute Gasteiger partial charge is 0.164 e. The minimum absolute atomic E-state index is 0.607. The first-order chi connectivity index (χ1) is 28.3. The van der Waals surface area contributed by atoms with Crippen LogP contribution in [0.1, 0.15) is 0 Å². The molecule has 0 N–H and O–H groups in total. The number of fused-ring (bicyclic) bond motifs is 10. The Balaban J connectivity index is 1.15. The standard InChI is InChI=1S/C51H31N5O/c1-4-15-32(16-5-1)49-52-50(33-17-6-2-7-18-33)54-51(53-49)34-27-29-43-40(31-34)46-44(55(43)35-19-8-3-9-20-35)30-28-39-38-23-14-26-45(47(38)57-48(39)46)56-41-24-12-10-21-36(41)37-22-11-13-25-42(37)56/h1-31H. The van der Waals surface area contributed by atoms with Crippen molar-refractivity contribution in [2.45, 2.75) is 0 Å². The minimum Gasteiger partial charge on any atom is -0.453 e. The quantitative estimate of drug-likeness (QED) is 0.177. The van der Waals surface area contributed by atoms with Gasteiger partial charge in [-0.05, 0) is 60.7 Å². The van der Waals surface area contributed by atoms with Gasteiger partial charge < -0.3 is 13.6 Å². The van der Waals surface area contributed by atoms with Crippen LogP contribution in [0.25, 0.3) is 111 Å². The van der Waals surface area contributed by atoms with Crippen LogP contribution >= 0.6 is 0 Å².